The molecule has 6 nitrogen and oxygen atoms in total. The lowest BCUT2D eigenvalue weighted by molar-refractivity contribution is -0.122. The molecule has 1 aliphatic heterocycles. The molecular weight excluding hydrogens is 380 g/mol. The van der Waals surface area contributed by atoms with Crippen molar-refractivity contribution in [1.29, 1.82) is 0 Å². The van der Waals surface area contributed by atoms with Gasteiger partial charge in [0.2, 0.25) is 11.8 Å². The molecule has 2 amide bonds. The highest BCUT2D eigenvalue weighted by atomic mass is 16.5. The van der Waals surface area contributed by atoms with Gasteiger partial charge in [0.15, 0.2) is 0 Å². The molecule has 0 unspecified atom stereocenters. The number of amides is 2. The van der Waals surface area contributed by atoms with Gasteiger partial charge >= 0.3 is 5.97 Å². The van der Waals surface area contributed by atoms with Gasteiger partial charge in [-0.3, -0.25) is 9.59 Å². The highest BCUT2D eigenvalue weighted by Gasteiger charge is 2.35. The minimum absolute atomic E-state index is 0.0524. The van der Waals surface area contributed by atoms with E-state index in [1.165, 1.54) is 0 Å². The molecule has 3 rings (SSSR count). The van der Waals surface area contributed by atoms with Crippen LogP contribution < -0.4 is 10.2 Å². The van der Waals surface area contributed by atoms with Crippen LogP contribution in [0.5, 0.6) is 0 Å². The molecule has 2 aromatic carbocycles. The van der Waals surface area contributed by atoms with Crippen LogP contribution in [0.4, 0.5) is 11.4 Å². The predicted octanol–water partition coefficient (Wildman–Crippen LogP) is 4.11. The number of hydrogen-bond donors (Lipinski definition) is 1. The van der Waals surface area contributed by atoms with Crippen LogP contribution >= 0.6 is 0 Å². The molecule has 0 saturated carbocycles. The average Bonchev–Trinajstić information content (AvgIpc) is 3.08. The van der Waals surface area contributed by atoms with Gasteiger partial charge in [-0.15, -0.1) is 0 Å². The van der Waals surface area contributed by atoms with E-state index in [-0.39, 0.29) is 30.1 Å². The van der Waals surface area contributed by atoms with E-state index in [0.717, 1.165) is 16.8 Å². The summed E-state index contributed by atoms with van der Waals surface area (Å²) < 4.78 is 5.20. The van der Waals surface area contributed by atoms with Gasteiger partial charge in [0.25, 0.3) is 0 Å². The van der Waals surface area contributed by atoms with Gasteiger partial charge < -0.3 is 15.0 Å². The Bertz CT molecular complexity index is 930. The standard InChI is InChI=1S/C24H28N2O4/c1-15(2)14-30-24(29)18-5-7-20(8-6-18)25-23(28)19-12-22(27)26(13-19)21-10-16(3)9-17(4)11-21/h5-11,15,19H,12-14H2,1-4H3,(H,25,28)/t19-/m1/s1. The Hall–Kier alpha value is -3.15. The minimum Gasteiger partial charge on any atom is -0.462 e. The minimum atomic E-state index is -0.422. The number of ether oxygens (including phenoxy) is 1. The van der Waals surface area contributed by atoms with E-state index in [0.29, 0.717) is 24.4 Å². The van der Waals surface area contributed by atoms with Crippen LogP contribution in [0.15, 0.2) is 42.5 Å². The Morgan fingerprint density at radius 1 is 1.10 bits per heavy atom. The number of nitrogens with zero attached hydrogens (tertiary/aromatic N) is 1. The summed E-state index contributed by atoms with van der Waals surface area (Å²) in [6.07, 6.45) is 0.179. The van der Waals surface area contributed by atoms with Crippen LogP contribution in [0.25, 0.3) is 0 Å². The van der Waals surface area contributed by atoms with E-state index in [9.17, 15) is 14.4 Å². The van der Waals surface area contributed by atoms with Crippen molar-refractivity contribution in [1.82, 2.24) is 0 Å². The zero-order valence-electron chi connectivity index (χ0n) is 17.9. The lowest BCUT2D eigenvalue weighted by Gasteiger charge is -2.18. The molecule has 1 heterocycles. The van der Waals surface area contributed by atoms with E-state index in [1.807, 2.05) is 39.8 Å². The van der Waals surface area contributed by atoms with Crippen molar-refractivity contribution < 1.29 is 19.1 Å². The summed E-state index contributed by atoms with van der Waals surface area (Å²) in [6, 6.07) is 12.6. The number of benzene rings is 2. The third-order valence-electron chi connectivity index (χ3n) is 4.95. The van der Waals surface area contributed by atoms with Crippen molar-refractivity contribution >= 4 is 29.2 Å². The summed E-state index contributed by atoms with van der Waals surface area (Å²) in [7, 11) is 0. The largest absolute Gasteiger partial charge is 0.462 e. The smallest absolute Gasteiger partial charge is 0.338 e. The van der Waals surface area contributed by atoms with E-state index in [4.69, 9.17) is 4.74 Å². The molecule has 0 aromatic heterocycles. The Morgan fingerprint density at radius 2 is 1.73 bits per heavy atom. The molecule has 1 N–H and O–H groups in total. The van der Waals surface area contributed by atoms with Crippen molar-refractivity contribution in [2.75, 3.05) is 23.4 Å². The Morgan fingerprint density at radius 3 is 2.33 bits per heavy atom. The van der Waals surface area contributed by atoms with Gasteiger partial charge in [0.05, 0.1) is 18.1 Å². The highest BCUT2D eigenvalue weighted by molar-refractivity contribution is 6.03. The molecule has 0 radical (unpaired) electrons. The predicted molar refractivity (Wildman–Crippen MR) is 117 cm³/mol. The third kappa shape index (κ3) is 5.26. The maximum Gasteiger partial charge on any atom is 0.338 e. The molecular formula is C24H28N2O4. The Labute approximate surface area is 177 Å². The second kappa shape index (κ2) is 9.11. The summed E-state index contributed by atoms with van der Waals surface area (Å²) >= 11 is 0. The number of hydrogen-bond acceptors (Lipinski definition) is 4. The fourth-order valence-electron chi connectivity index (χ4n) is 3.50. The Kier molecular flexibility index (Phi) is 6.55. The number of carbonyl (C=O) groups is 3. The molecule has 1 saturated heterocycles. The second-order valence-electron chi connectivity index (χ2n) is 8.31. The first kappa shape index (κ1) is 21.6. The van der Waals surface area contributed by atoms with Crippen molar-refractivity contribution in [3.05, 3.63) is 59.2 Å². The highest BCUT2D eigenvalue weighted by Crippen LogP contribution is 2.27. The SMILES string of the molecule is Cc1cc(C)cc(N2C[C@H](C(=O)Nc3ccc(C(=O)OCC(C)C)cc3)CC2=O)c1. The molecule has 0 aliphatic carbocycles. The summed E-state index contributed by atoms with van der Waals surface area (Å²) in [4.78, 5) is 38.8. The molecule has 158 valence electrons. The van der Waals surface area contributed by atoms with Crippen molar-refractivity contribution in [3.63, 3.8) is 0 Å². The molecule has 1 atom stereocenters. The lowest BCUT2D eigenvalue weighted by Crippen LogP contribution is -2.28. The molecule has 1 aliphatic rings. The van der Waals surface area contributed by atoms with E-state index < -0.39 is 5.92 Å². The topological polar surface area (TPSA) is 75.7 Å². The molecule has 0 spiro atoms. The summed E-state index contributed by atoms with van der Waals surface area (Å²) in [5.74, 6) is -0.792. The molecule has 6 heteroatoms. The first-order chi connectivity index (χ1) is 14.2. The number of nitrogens with one attached hydrogen (secondary N) is 1. The van der Waals surface area contributed by atoms with Crippen molar-refractivity contribution in [2.45, 2.75) is 34.1 Å². The maximum atomic E-state index is 12.7. The van der Waals surface area contributed by atoms with Gasteiger partial charge in [-0.2, -0.15) is 0 Å². The van der Waals surface area contributed by atoms with E-state index in [1.54, 1.807) is 29.2 Å². The summed E-state index contributed by atoms with van der Waals surface area (Å²) in [6.45, 7) is 8.64. The zero-order chi connectivity index (χ0) is 21.8. The normalized spacial score (nSPS) is 16.1. The molecule has 30 heavy (non-hydrogen) atoms. The van der Waals surface area contributed by atoms with Crippen molar-refractivity contribution in [2.24, 2.45) is 11.8 Å². The van der Waals surface area contributed by atoms with Gasteiger partial charge in [0.1, 0.15) is 0 Å². The number of anilines is 2. The number of esters is 1. The number of rotatable bonds is 6. The molecule has 2 aromatic rings. The van der Waals surface area contributed by atoms with Crippen LogP contribution in [0, 0.1) is 25.7 Å². The lowest BCUT2D eigenvalue weighted by atomic mass is 10.1. The van der Waals surface area contributed by atoms with Crippen LogP contribution in [-0.2, 0) is 14.3 Å². The fraction of sp³-hybridized carbons (Fsp3) is 0.375. The number of carbonyl (C=O) groups excluding carboxylic acids is 3. The van der Waals surface area contributed by atoms with Crippen LogP contribution in [0.2, 0.25) is 0 Å². The van der Waals surface area contributed by atoms with Crippen LogP contribution in [-0.4, -0.2) is 30.9 Å². The monoisotopic (exact) mass is 408 g/mol. The van der Waals surface area contributed by atoms with E-state index >= 15 is 0 Å². The van der Waals surface area contributed by atoms with Gasteiger partial charge in [0, 0.05) is 24.3 Å². The first-order valence-electron chi connectivity index (χ1n) is 10.2. The fourth-order valence-corrected chi connectivity index (χ4v) is 3.50. The van der Waals surface area contributed by atoms with Crippen molar-refractivity contribution in [3.8, 4) is 0 Å². The zero-order valence-corrected chi connectivity index (χ0v) is 17.9. The maximum absolute atomic E-state index is 12.7. The van der Waals surface area contributed by atoms with Gasteiger partial charge in [-0.05, 0) is 67.3 Å². The number of aryl methyl sites for hydroxylation is 2. The third-order valence-corrected chi connectivity index (χ3v) is 4.95. The molecule has 1 fully saturated rings. The van der Waals surface area contributed by atoms with Gasteiger partial charge in [-0.25, -0.2) is 4.79 Å². The second-order valence-corrected chi connectivity index (χ2v) is 8.31. The van der Waals surface area contributed by atoms with Crippen LogP contribution in [0.3, 0.4) is 0 Å². The summed E-state index contributed by atoms with van der Waals surface area (Å²) in [5.41, 5.74) is 4.01. The quantitative estimate of drug-likeness (QED) is 0.730. The Balaban J connectivity index is 1.61. The summed E-state index contributed by atoms with van der Waals surface area (Å²) in [5, 5.41) is 2.85. The average molecular weight is 408 g/mol. The van der Waals surface area contributed by atoms with Crippen LogP contribution in [0.1, 0.15) is 41.8 Å². The van der Waals surface area contributed by atoms with E-state index in [2.05, 4.69) is 11.4 Å². The molecule has 0 bridgehead atoms. The van der Waals surface area contributed by atoms with Gasteiger partial charge in [-0.1, -0.05) is 19.9 Å². The first-order valence-corrected chi connectivity index (χ1v) is 10.2.